The van der Waals surface area contributed by atoms with Crippen molar-refractivity contribution in [1.82, 2.24) is 5.32 Å². The fourth-order valence-corrected chi connectivity index (χ4v) is 7.18. The molecule has 1 unspecified atom stereocenters. The summed E-state index contributed by atoms with van der Waals surface area (Å²) in [5.41, 5.74) is 4.52. The molecule has 0 spiro atoms. The van der Waals surface area contributed by atoms with Gasteiger partial charge in [-0.3, -0.25) is 4.79 Å². The van der Waals surface area contributed by atoms with Crippen LogP contribution in [-0.2, 0) is 27.1 Å². The number of alkyl carbamates (subject to hydrolysis) is 1. The first-order chi connectivity index (χ1) is 23.4. The predicted molar refractivity (Wildman–Crippen MR) is 193 cm³/mol. The van der Waals surface area contributed by atoms with Gasteiger partial charge in [-0.1, -0.05) is 87.5 Å². The van der Waals surface area contributed by atoms with E-state index in [2.05, 4.69) is 39.2 Å². The number of nitrogens with zero attached hydrogens (tertiary/aromatic N) is 1. The van der Waals surface area contributed by atoms with Gasteiger partial charge in [0.1, 0.15) is 18.2 Å². The quantitative estimate of drug-likeness (QED) is 0.112. The average molecular weight is 683 g/mol. The SMILES string of the molecule is COc1ccc(C2[C@@H](CC[C@H](O[Si](C)(C)C(C)(C)C)c3ccc(F)cc3)C(=O)N2c2ccc(CNC(=O)OCc3ccccc3)cc2)cc1. The van der Waals surface area contributed by atoms with Gasteiger partial charge in [0.05, 0.1) is 25.2 Å². The minimum Gasteiger partial charge on any atom is -0.497 e. The maximum Gasteiger partial charge on any atom is 0.407 e. The van der Waals surface area contributed by atoms with Crippen LogP contribution in [0.1, 0.15) is 68.0 Å². The lowest BCUT2D eigenvalue weighted by molar-refractivity contribution is -0.131. The lowest BCUT2D eigenvalue weighted by Crippen LogP contribution is -2.55. The Kier molecular flexibility index (Phi) is 11.2. The second-order valence-electron chi connectivity index (χ2n) is 14.1. The summed E-state index contributed by atoms with van der Waals surface area (Å²) in [5.74, 6) is 0.237. The number of nitrogens with one attached hydrogen (secondary N) is 1. The molecule has 5 rings (SSSR count). The Labute approximate surface area is 290 Å². The monoisotopic (exact) mass is 682 g/mol. The van der Waals surface area contributed by atoms with E-state index < -0.39 is 14.4 Å². The highest BCUT2D eigenvalue weighted by Gasteiger charge is 2.49. The summed E-state index contributed by atoms with van der Waals surface area (Å²) in [7, 11) is -0.547. The van der Waals surface area contributed by atoms with Crippen molar-refractivity contribution < 1.29 is 27.9 Å². The van der Waals surface area contributed by atoms with Gasteiger partial charge in [0.15, 0.2) is 8.32 Å². The van der Waals surface area contributed by atoms with E-state index in [9.17, 15) is 14.0 Å². The van der Waals surface area contributed by atoms with Crippen molar-refractivity contribution in [2.45, 2.75) is 77.0 Å². The Balaban J connectivity index is 1.30. The Hall–Kier alpha value is -4.47. The standard InChI is InChI=1S/C40H47FN2O5Si/c1-40(2,3)49(5,6)48-36(30-14-18-32(41)19-15-30)25-24-35-37(31-16-22-34(46-4)23-17-31)43(38(35)44)33-20-12-28(13-21-33)26-42-39(45)47-27-29-10-8-7-9-11-29/h7-23,35-37H,24-27H2,1-6H3,(H,42,45)/t35-,36+,37?/m1/s1. The first-order valence-corrected chi connectivity index (χ1v) is 19.7. The molecule has 1 aliphatic rings. The predicted octanol–water partition coefficient (Wildman–Crippen LogP) is 9.51. The smallest absolute Gasteiger partial charge is 0.407 e. The normalized spacial score (nSPS) is 16.9. The highest BCUT2D eigenvalue weighted by molar-refractivity contribution is 6.74. The molecule has 0 aromatic heterocycles. The van der Waals surface area contributed by atoms with E-state index in [0.717, 1.165) is 33.7 Å². The highest BCUT2D eigenvalue weighted by Crippen LogP contribution is 2.48. The molecule has 0 radical (unpaired) electrons. The molecule has 4 aromatic rings. The van der Waals surface area contributed by atoms with Crippen molar-refractivity contribution >= 4 is 26.0 Å². The van der Waals surface area contributed by atoms with Crippen molar-refractivity contribution in [2.24, 2.45) is 5.92 Å². The van der Waals surface area contributed by atoms with Gasteiger partial charge < -0.3 is 24.1 Å². The second kappa shape index (κ2) is 15.4. The molecule has 7 nitrogen and oxygen atoms in total. The molecule has 1 fully saturated rings. The Morgan fingerprint density at radius 1 is 0.898 bits per heavy atom. The molecule has 4 aromatic carbocycles. The van der Waals surface area contributed by atoms with Crippen LogP contribution in [0.25, 0.3) is 0 Å². The minimum absolute atomic E-state index is 0.00977. The number of rotatable bonds is 13. The molecule has 1 aliphatic heterocycles. The van der Waals surface area contributed by atoms with Crippen molar-refractivity contribution in [2.75, 3.05) is 12.0 Å². The molecule has 0 bridgehead atoms. The number of benzene rings is 4. The number of β-lactam (4-membered cyclic amide) rings is 1. The van der Waals surface area contributed by atoms with E-state index in [1.807, 2.05) is 83.8 Å². The lowest BCUT2D eigenvalue weighted by Gasteiger charge is -2.48. The van der Waals surface area contributed by atoms with Crippen LogP contribution in [0.2, 0.25) is 18.1 Å². The van der Waals surface area contributed by atoms with Crippen LogP contribution in [0.5, 0.6) is 5.75 Å². The summed E-state index contributed by atoms with van der Waals surface area (Å²) in [6, 6.07) is 31.4. The van der Waals surface area contributed by atoms with E-state index >= 15 is 0 Å². The zero-order valence-electron chi connectivity index (χ0n) is 29.2. The number of carbonyl (C=O) groups excluding carboxylic acids is 2. The number of anilines is 1. The number of halogens is 1. The number of ether oxygens (including phenoxy) is 2. The van der Waals surface area contributed by atoms with Gasteiger partial charge in [-0.2, -0.15) is 0 Å². The fourth-order valence-electron chi connectivity index (χ4n) is 5.86. The molecule has 1 saturated heterocycles. The molecule has 1 heterocycles. The largest absolute Gasteiger partial charge is 0.497 e. The Morgan fingerprint density at radius 2 is 1.55 bits per heavy atom. The van der Waals surface area contributed by atoms with Crippen molar-refractivity contribution in [3.63, 3.8) is 0 Å². The third kappa shape index (κ3) is 8.77. The molecule has 2 amide bonds. The number of methoxy groups -OCH3 is 1. The summed E-state index contributed by atoms with van der Waals surface area (Å²) in [5, 5.41) is 2.78. The third-order valence-corrected chi connectivity index (χ3v) is 14.2. The molecular weight excluding hydrogens is 636 g/mol. The van der Waals surface area contributed by atoms with E-state index in [-0.39, 0.29) is 41.4 Å². The molecule has 3 atom stereocenters. The summed E-state index contributed by atoms with van der Waals surface area (Å²) in [4.78, 5) is 28.1. The fraction of sp³-hybridized carbons (Fsp3) is 0.350. The van der Waals surface area contributed by atoms with Gasteiger partial charge in [0.2, 0.25) is 5.91 Å². The molecule has 49 heavy (non-hydrogen) atoms. The summed E-state index contributed by atoms with van der Waals surface area (Å²) < 4.78 is 31.5. The maximum absolute atomic E-state index is 13.9. The second-order valence-corrected chi connectivity index (χ2v) is 18.9. The van der Waals surface area contributed by atoms with Gasteiger partial charge in [-0.15, -0.1) is 0 Å². The molecule has 258 valence electrons. The minimum atomic E-state index is -2.18. The Morgan fingerprint density at radius 3 is 2.16 bits per heavy atom. The first-order valence-electron chi connectivity index (χ1n) is 16.8. The summed E-state index contributed by atoms with van der Waals surface area (Å²) in [6.07, 6.45) is 0.478. The average Bonchev–Trinajstić information content (AvgIpc) is 3.09. The number of hydrogen-bond donors (Lipinski definition) is 1. The number of amides is 2. The van der Waals surface area contributed by atoms with Crippen LogP contribution < -0.4 is 15.0 Å². The van der Waals surface area contributed by atoms with Gasteiger partial charge >= 0.3 is 6.09 Å². The van der Waals surface area contributed by atoms with E-state index in [4.69, 9.17) is 13.9 Å². The molecule has 9 heteroatoms. The van der Waals surface area contributed by atoms with Crippen LogP contribution in [0.4, 0.5) is 14.9 Å². The van der Waals surface area contributed by atoms with Crippen molar-refractivity contribution in [3.8, 4) is 5.75 Å². The molecule has 1 N–H and O–H groups in total. The first kappa shape index (κ1) is 35.8. The van der Waals surface area contributed by atoms with Gasteiger partial charge in [-0.05, 0) is 89.6 Å². The van der Waals surface area contributed by atoms with Gasteiger partial charge in [0, 0.05) is 12.2 Å². The lowest BCUT2D eigenvalue weighted by atomic mass is 9.78. The zero-order chi connectivity index (χ0) is 35.2. The maximum atomic E-state index is 13.9. The highest BCUT2D eigenvalue weighted by atomic mass is 28.4. The molecule has 0 saturated carbocycles. The summed E-state index contributed by atoms with van der Waals surface area (Å²) >= 11 is 0. The van der Waals surface area contributed by atoms with Crippen LogP contribution in [0.15, 0.2) is 103 Å². The van der Waals surface area contributed by atoms with Crippen LogP contribution in [0.3, 0.4) is 0 Å². The Bertz CT molecular complexity index is 1690. The zero-order valence-corrected chi connectivity index (χ0v) is 30.2. The van der Waals surface area contributed by atoms with Crippen LogP contribution >= 0.6 is 0 Å². The van der Waals surface area contributed by atoms with E-state index in [1.54, 1.807) is 19.2 Å². The van der Waals surface area contributed by atoms with Crippen molar-refractivity contribution in [3.05, 3.63) is 131 Å². The summed E-state index contributed by atoms with van der Waals surface area (Å²) in [6.45, 7) is 11.5. The van der Waals surface area contributed by atoms with Crippen molar-refractivity contribution in [1.29, 1.82) is 0 Å². The van der Waals surface area contributed by atoms with Gasteiger partial charge in [-0.25, -0.2) is 9.18 Å². The van der Waals surface area contributed by atoms with Gasteiger partial charge in [0.25, 0.3) is 0 Å². The van der Waals surface area contributed by atoms with E-state index in [1.165, 1.54) is 12.1 Å². The number of hydrogen-bond acceptors (Lipinski definition) is 5. The number of carbonyl (C=O) groups is 2. The topological polar surface area (TPSA) is 77.1 Å². The van der Waals surface area contributed by atoms with E-state index in [0.29, 0.717) is 19.4 Å². The molecular formula is C40H47FN2O5Si. The third-order valence-electron chi connectivity index (χ3n) is 9.76. The molecule has 0 aliphatic carbocycles. The van der Waals surface area contributed by atoms with Crippen LogP contribution in [0, 0.1) is 11.7 Å². The van der Waals surface area contributed by atoms with Crippen LogP contribution in [-0.4, -0.2) is 27.4 Å².